The summed E-state index contributed by atoms with van der Waals surface area (Å²) >= 11 is 1.34. The number of hydrogen-bond donors (Lipinski definition) is 1. The van der Waals surface area contributed by atoms with Gasteiger partial charge in [0.1, 0.15) is 18.1 Å². The van der Waals surface area contributed by atoms with Crippen LogP contribution in [0.5, 0.6) is 5.75 Å². The Kier molecular flexibility index (Phi) is 8.53. The van der Waals surface area contributed by atoms with Crippen LogP contribution in [-0.2, 0) is 22.6 Å². The van der Waals surface area contributed by atoms with Crippen LogP contribution in [-0.4, -0.2) is 57.2 Å². The van der Waals surface area contributed by atoms with Crippen LogP contribution in [0.15, 0.2) is 41.8 Å². The largest absolute Gasteiger partial charge is 0.491 e. The molecule has 9 nitrogen and oxygen atoms in total. The lowest BCUT2D eigenvalue weighted by Crippen LogP contribution is -2.30. The van der Waals surface area contributed by atoms with Crippen molar-refractivity contribution in [3.8, 4) is 5.75 Å². The van der Waals surface area contributed by atoms with Gasteiger partial charge >= 0.3 is 5.97 Å². The number of nitrogens with one attached hydrogen (secondary N) is 1. The lowest BCUT2D eigenvalue weighted by Gasteiger charge is -2.14. The van der Waals surface area contributed by atoms with Crippen molar-refractivity contribution in [2.75, 3.05) is 26.0 Å². The molecule has 0 spiro atoms. The minimum Gasteiger partial charge on any atom is -0.491 e. The van der Waals surface area contributed by atoms with E-state index in [2.05, 4.69) is 15.4 Å². The number of rotatable bonds is 11. The highest BCUT2D eigenvalue weighted by Crippen LogP contribution is 2.24. The predicted molar refractivity (Wildman–Crippen MR) is 126 cm³/mol. The molecule has 3 aromatic rings. The van der Waals surface area contributed by atoms with E-state index in [1.807, 2.05) is 49.7 Å². The number of nitrogens with zero attached hydrogens (tertiary/aromatic N) is 4. The highest BCUT2D eigenvalue weighted by atomic mass is 32.2. The Bertz CT molecular complexity index is 1110. The molecular formula is C23H29N5O4S. The summed E-state index contributed by atoms with van der Waals surface area (Å²) in [5.74, 6) is 0.520. The molecule has 0 unspecified atom stereocenters. The summed E-state index contributed by atoms with van der Waals surface area (Å²) in [5.41, 5.74) is 3.46. The maximum atomic E-state index is 12.4. The molecule has 0 aliphatic heterocycles. The van der Waals surface area contributed by atoms with Gasteiger partial charge in [-0.2, -0.15) is 5.10 Å². The van der Waals surface area contributed by atoms with Crippen molar-refractivity contribution in [2.45, 2.75) is 39.0 Å². The van der Waals surface area contributed by atoms with Crippen molar-refractivity contribution >= 4 is 23.6 Å². The Hall–Kier alpha value is -3.27. The van der Waals surface area contributed by atoms with Gasteiger partial charge in [-0.25, -0.2) is 4.98 Å². The first-order valence-electron chi connectivity index (χ1n) is 10.7. The quantitative estimate of drug-likeness (QED) is 0.261. The summed E-state index contributed by atoms with van der Waals surface area (Å²) in [6.07, 6.45) is 3.59. The number of methoxy groups -OCH3 is 1. The van der Waals surface area contributed by atoms with Gasteiger partial charge in [0.25, 0.3) is 5.91 Å². The second-order valence-corrected chi connectivity index (χ2v) is 8.28. The Balaban J connectivity index is 1.56. The molecule has 0 aliphatic carbocycles. The Labute approximate surface area is 197 Å². The van der Waals surface area contributed by atoms with Crippen molar-refractivity contribution in [1.82, 2.24) is 24.6 Å². The molecule has 0 fully saturated rings. The molecule has 2 aromatic heterocycles. The minimum atomic E-state index is -0.289. The highest BCUT2D eigenvalue weighted by Gasteiger charge is 2.13. The molecule has 0 aliphatic rings. The third-order valence-corrected chi connectivity index (χ3v) is 6.02. The van der Waals surface area contributed by atoms with E-state index < -0.39 is 0 Å². The number of thioether (sulfide) groups is 1. The first-order valence-corrected chi connectivity index (χ1v) is 11.7. The lowest BCUT2D eigenvalue weighted by atomic mass is 10.1. The summed E-state index contributed by atoms with van der Waals surface area (Å²) in [4.78, 5) is 28.2. The van der Waals surface area contributed by atoms with Gasteiger partial charge in [0.05, 0.1) is 25.1 Å². The smallest absolute Gasteiger partial charge is 0.316 e. The summed E-state index contributed by atoms with van der Waals surface area (Å²) in [6, 6.07) is 7.67. The number of aryl methyl sites for hydroxylation is 2. The number of hydrogen-bond acceptors (Lipinski definition) is 7. The predicted octanol–water partition coefficient (Wildman–Crippen LogP) is 2.84. The van der Waals surface area contributed by atoms with Crippen molar-refractivity contribution in [2.24, 2.45) is 0 Å². The van der Waals surface area contributed by atoms with E-state index in [1.54, 1.807) is 16.9 Å². The molecule has 0 radical (unpaired) electrons. The Morgan fingerprint density at radius 3 is 2.82 bits per heavy atom. The fraction of sp³-hybridized carbons (Fsp3) is 0.391. The first-order chi connectivity index (χ1) is 15.9. The molecule has 176 valence electrons. The van der Waals surface area contributed by atoms with E-state index >= 15 is 0 Å². The molecule has 33 heavy (non-hydrogen) atoms. The number of imidazole rings is 1. The molecule has 2 heterocycles. The number of benzene rings is 1. The Morgan fingerprint density at radius 1 is 1.24 bits per heavy atom. The average Bonchev–Trinajstić information content (AvgIpc) is 3.42. The van der Waals surface area contributed by atoms with E-state index in [0.29, 0.717) is 31.9 Å². The van der Waals surface area contributed by atoms with Crippen molar-refractivity contribution in [3.63, 3.8) is 0 Å². The summed E-state index contributed by atoms with van der Waals surface area (Å²) in [7, 11) is 1.37. The van der Waals surface area contributed by atoms with Crippen LogP contribution >= 0.6 is 11.8 Å². The van der Waals surface area contributed by atoms with Crippen molar-refractivity contribution in [1.29, 1.82) is 0 Å². The monoisotopic (exact) mass is 471 g/mol. The van der Waals surface area contributed by atoms with Crippen molar-refractivity contribution in [3.05, 3.63) is 59.2 Å². The second-order valence-electron chi connectivity index (χ2n) is 7.33. The third kappa shape index (κ3) is 6.38. The van der Waals surface area contributed by atoms with Crippen LogP contribution in [0.1, 0.15) is 34.2 Å². The van der Waals surface area contributed by atoms with Crippen LogP contribution in [0.25, 0.3) is 0 Å². The minimum absolute atomic E-state index is 0.163. The zero-order valence-corrected chi connectivity index (χ0v) is 20.1. The number of esters is 1. The van der Waals surface area contributed by atoms with Crippen molar-refractivity contribution < 1.29 is 19.1 Å². The van der Waals surface area contributed by atoms with E-state index in [1.165, 1.54) is 18.9 Å². The molecule has 0 bridgehead atoms. The standard InChI is InChI=1S/C23H29N5O4S/c1-5-28-19(13-16(2)26-28)22(30)24-10-12-32-20-8-6-7-18(17(20)3)14-27-11-9-25-23(27)33-15-21(29)31-4/h6-9,11,13H,5,10,12,14-15H2,1-4H3,(H,24,30). The molecule has 3 rings (SSSR count). The molecule has 0 saturated heterocycles. The maximum absolute atomic E-state index is 12.4. The summed E-state index contributed by atoms with van der Waals surface area (Å²) in [5, 5.41) is 7.93. The van der Waals surface area contributed by atoms with E-state index in [0.717, 1.165) is 27.7 Å². The van der Waals surface area contributed by atoms with Gasteiger partial charge in [-0.1, -0.05) is 23.9 Å². The zero-order chi connectivity index (χ0) is 23.8. The number of carbonyl (C=O) groups excluding carboxylic acids is 2. The fourth-order valence-corrected chi connectivity index (χ4v) is 4.09. The Morgan fingerprint density at radius 2 is 2.06 bits per heavy atom. The van der Waals surface area contributed by atoms with Crippen LogP contribution in [0.3, 0.4) is 0 Å². The zero-order valence-electron chi connectivity index (χ0n) is 19.3. The normalized spacial score (nSPS) is 10.8. The SMILES string of the molecule is CCn1nc(C)cc1C(=O)NCCOc1cccc(Cn2ccnc2SCC(=O)OC)c1C. The van der Waals surface area contributed by atoms with E-state index in [4.69, 9.17) is 9.47 Å². The number of carbonyl (C=O) groups is 2. The molecule has 1 N–H and O–H groups in total. The number of ether oxygens (including phenoxy) is 2. The van der Waals surface area contributed by atoms with Gasteiger partial charge in [0.15, 0.2) is 5.16 Å². The van der Waals surface area contributed by atoms with Crippen LogP contribution in [0.4, 0.5) is 0 Å². The third-order valence-electron chi connectivity index (χ3n) is 5.04. The molecule has 0 saturated carbocycles. The van der Waals surface area contributed by atoms with Gasteiger partial charge < -0.3 is 19.4 Å². The first kappa shape index (κ1) is 24.4. The van der Waals surface area contributed by atoms with Gasteiger partial charge in [0, 0.05) is 25.5 Å². The number of aromatic nitrogens is 4. The molecule has 10 heteroatoms. The highest BCUT2D eigenvalue weighted by molar-refractivity contribution is 7.99. The molecular weight excluding hydrogens is 442 g/mol. The topological polar surface area (TPSA) is 100 Å². The van der Waals surface area contributed by atoms with Crippen LogP contribution < -0.4 is 10.1 Å². The van der Waals surface area contributed by atoms with Gasteiger partial charge in [0.2, 0.25) is 0 Å². The lowest BCUT2D eigenvalue weighted by molar-refractivity contribution is -0.137. The van der Waals surface area contributed by atoms with Crippen LogP contribution in [0, 0.1) is 13.8 Å². The molecule has 1 aromatic carbocycles. The van der Waals surface area contributed by atoms with Gasteiger partial charge in [-0.15, -0.1) is 0 Å². The number of amides is 1. The fourth-order valence-electron chi connectivity index (χ4n) is 3.29. The maximum Gasteiger partial charge on any atom is 0.316 e. The second kappa shape index (κ2) is 11.6. The summed E-state index contributed by atoms with van der Waals surface area (Å²) < 4.78 is 14.3. The molecule has 0 atom stereocenters. The van der Waals surface area contributed by atoms with Crippen LogP contribution in [0.2, 0.25) is 0 Å². The van der Waals surface area contributed by atoms with Gasteiger partial charge in [-0.05, 0) is 44.0 Å². The summed E-state index contributed by atoms with van der Waals surface area (Å²) in [6.45, 7) is 7.79. The van der Waals surface area contributed by atoms with E-state index in [-0.39, 0.29) is 17.6 Å². The average molecular weight is 472 g/mol. The van der Waals surface area contributed by atoms with E-state index in [9.17, 15) is 9.59 Å². The van der Waals surface area contributed by atoms with Gasteiger partial charge in [-0.3, -0.25) is 14.3 Å². The molecule has 1 amide bonds.